The Balaban J connectivity index is 4.34. The van der Waals surface area contributed by atoms with Crippen LogP contribution in [0.3, 0.4) is 0 Å². The largest absolute Gasteiger partial charge is 0.480 e. The summed E-state index contributed by atoms with van der Waals surface area (Å²) in [6, 6.07) is 0. The highest BCUT2D eigenvalue weighted by Crippen LogP contribution is 2.13. The van der Waals surface area contributed by atoms with Gasteiger partial charge in [0.15, 0.2) is 0 Å². The molecular formula is C10H19NO4. The zero-order valence-corrected chi connectivity index (χ0v) is 9.88. The van der Waals surface area contributed by atoms with Gasteiger partial charge in [-0.3, -0.25) is 4.79 Å². The Kier molecular flexibility index (Phi) is 4.27. The molecule has 0 fully saturated rings. The van der Waals surface area contributed by atoms with Crippen molar-refractivity contribution in [1.82, 2.24) is 5.32 Å². The van der Waals surface area contributed by atoms with Crippen LogP contribution in [0.1, 0.15) is 34.1 Å². The zero-order chi connectivity index (χ0) is 12.3. The van der Waals surface area contributed by atoms with Crippen LogP contribution in [0.5, 0.6) is 0 Å². The molecule has 0 spiro atoms. The van der Waals surface area contributed by atoms with Crippen LogP contribution < -0.4 is 5.32 Å². The fourth-order valence-electron chi connectivity index (χ4n) is 0.905. The van der Waals surface area contributed by atoms with Gasteiger partial charge < -0.3 is 15.2 Å². The fourth-order valence-corrected chi connectivity index (χ4v) is 0.905. The normalized spacial score (nSPS) is 12.3. The third-order valence-corrected chi connectivity index (χ3v) is 2.13. The van der Waals surface area contributed by atoms with Gasteiger partial charge in [-0.2, -0.15) is 0 Å². The first-order valence-electron chi connectivity index (χ1n) is 4.70. The molecule has 0 radical (unpaired) electrons. The van der Waals surface area contributed by atoms with E-state index in [1.165, 1.54) is 21.0 Å². The van der Waals surface area contributed by atoms with Gasteiger partial charge in [-0.05, 0) is 27.7 Å². The average molecular weight is 217 g/mol. The number of carboxylic acid groups (broad SMARTS) is 1. The first kappa shape index (κ1) is 13.9. The molecule has 0 bridgehead atoms. The number of hydrogen-bond donors (Lipinski definition) is 2. The summed E-state index contributed by atoms with van der Waals surface area (Å²) < 4.78 is 5.08. The van der Waals surface area contributed by atoms with Gasteiger partial charge in [0.25, 0.3) is 0 Å². The number of ether oxygens (including phenoxy) is 1. The molecule has 0 saturated carbocycles. The number of carbonyl (C=O) groups excluding carboxylic acids is 1. The van der Waals surface area contributed by atoms with Crippen molar-refractivity contribution in [3.63, 3.8) is 0 Å². The maximum atomic E-state index is 11.5. The molecule has 0 saturated heterocycles. The first-order valence-corrected chi connectivity index (χ1v) is 4.70. The summed E-state index contributed by atoms with van der Waals surface area (Å²) in [6.07, 6.45) is 0.125. The molecule has 0 unspecified atom stereocenters. The van der Waals surface area contributed by atoms with E-state index in [0.29, 0.717) is 0 Å². The number of rotatable bonds is 5. The number of carboxylic acids is 1. The van der Waals surface area contributed by atoms with Crippen LogP contribution in [-0.4, -0.2) is 35.2 Å². The molecule has 0 aliphatic carbocycles. The third-order valence-electron chi connectivity index (χ3n) is 2.13. The SMILES string of the molecule is COC(C)(C)CC(=O)NC(C)(C)C(=O)O. The fraction of sp³-hybridized carbons (Fsp3) is 0.800. The smallest absolute Gasteiger partial charge is 0.328 e. The lowest BCUT2D eigenvalue weighted by atomic mass is 10.0. The van der Waals surface area contributed by atoms with Crippen LogP contribution in [0.25, 0.3) is 0 Å². The highest BCUT2D eigenvalue weighted by atomic mass is 16.5. The minimum Gasteiger partial charge on any atom is -0.480 e. The Bertz CT molecular complexity index is 258. The molecule has 0 aromatic rings. The second-order valence-electron chi connectivity index (χ2n) is 4.62. The van der Waals surface area contributed by atoms with E-state index in [2.05, 4.69) is 5.32 Å². The number of amides is 1. The van der Waals surface area contributed by atoms with Crippen molar-refractivity contribution >= 4 is 11.9 Å². The summed E-state index contributed by atoms with van der Waals surface area (Å²) in [5.74, 6) is -1.40. The van der Waals surface area contributed by atoms with Gasteiger partial charge in [0.05, 0.1) is 12.0 Å². The summed E-state index contributed by atoms with van der Waals surface area (Å²) >= 11 is 0. The minimum absolute atomic E-state index is 0.125. The van der Waals surface area contributed by atoms with Crippen molar-refractivity contribution in [2.45, 2.75) is 45.3 Å². The predicted octanol–water partition coefficient (Wildman–Crippen LogP) is 0.781. The van der Waals surface area contributed by atoms with E-state index < -0.39 is 17.1 Å². The summed E-state index contributed by atoms with van der Waals surface area (Å²) in [7, 11) is 1.51. The molecule has 0 atom stereocenters. The molecule has 1 amide bonds. The van der Waals surface area contributed by atoms with Gasteiger partial charge in [0.2, 0.25) is 5.91 Å². The van der Waals surface area contributed by atoms with Crippen molar-refractivity contribution in [3.05, 3.63) is 0 Å². The predicted molar refractivity (Wildman–Crippen MR) is 55.6 cm³/mol. The molecule has 0 aliphatic rings. The Morgan fingerprint density at radius 1 is 1.27 bits per heavy atom. The summed E-state index contributed by atoms with van der Waals surface area (Å²) in [5.41, 5.74) is -1.83. The lowest BCUT2D eigenvalue weighted by molar-refractivity contribution is -0.146. The molecule has 0 aromatic carbocycles. The number of nitrogens with one attached hydrogen (secondary N) is 1. The number of aliphatic carboxylic acids is 1. The first-order chi connectivity index (χ1) is 6.60. The quantitative estimate of drug-likeness (QED) is 0.713. The van der Waals surface area contributed by atoms with E-state index in [-0.39, 0.29) is 12.3 Å². The standard InChI is InChI=1S/C10H19NO4/c1-9(2,15-5)6-7(12)11-10(3,4)8(13)14/h6H2,1-5H3,(H,11,12)(H,13,14). The van der Waals surface area contributed by atoms with Crippen LogP contribution in [-0.2, 0) is 14.3 Å². The van der Waals surface area contributed by atoms with E-state index in [1.54, 1.807) is 13.8 Å². The second-order valence-corrected chi connectivity index (χ2v) is 4.62. The maximum Gasteiger partial charge on any atom is 0.328 e. The van der Waals surface area contributed by atoms with Gasteiger partial charge in [-0.15, -0.1) is 0 Å². The van der Waals surface area contributed by atoms with Gasteiger partial charge >= 0.3 is 5.97 Å². The summed E-state index contributed by atoms with van der Waals surface area (Å²) in [5, 5.41) is 11.2. The Morgan fingerprint density at radius 3 is 2.07 bits per heavy atom. The molecule has 5 heteroatoms. The lowest BCUT2D eigenvalue weighted by Crippen LogP contribution is -2.51. The molecule has 5 nitrogen and oxygen atoms in total. The van der Waals surface area contributed by atoms with Crippen LogP contribution in [0.2, 0.25) is 0 Å². The highest BCUT2D eigenvalue weighted by Gasteiger charge is 2.31. The third kappa shape index (κ3) is 4.78. The topological polar surface area (TPSA) is 75.6 Å². The van der Waals surface area contributed by atoms with Crippen LogP contribution in [0.4, 0.5) is 0 Å². The van der Waals surface area contributed by atoms with Crippen LogP contribution >= 0.6 is 0 Å². The number of carbonyl (C=O) groups is 2. The van der Waals surface area contributed by atoms with Gasteiger partial charge in [0, 0.05) is 7.11 Å². The van der Waals surface area contributed by atoms with Crippen molar-refractivity contribution in [1.29, 1.82) is 0 Å². The minimum atomic E-state index is -1.25. The molecule has 0 aromatic heterocycles. The van der Waals surface area contributed by atoms with Gasteiger partial charge in [-0.1, -0.05) is 0 Å². The van der Waals surface area contributed by atoms with E-state index in [1.807, 2.05) is 0 Å². The molecular weight excluding hydrogens is 198 g/mol. The highest BCUT2D eigenvalue weighted by molar-refractivity contribution is 5.86. The molecule has 0 aliphatic heterocycles. The summed E-state index contributed by atoms with van der Waals surface area (Å²) in [4.78, 5) is 22.2. The zero-order valence-electron chi connectivity index (χ0n) is 9.88. The van der Waals surface area contributed by atoms with E-state index in [4.69, 9.17) is 9.84 Å². The van der Waals surface area contributed by atoms with Crippen molar-refractivity contribution in [2.75, 3.05) is 7.11 Å². The van der Waals surface area contributed by atoms with Crippen molar-refractivity contribution in [2.24, 2.45) is 0 Å². The molecule has 0 heterocycles. The maximum absolute atomic E-state index is 11.5. The van der Waals surface area contributed by atoms with E-state index in [0.717, 1.165) is 0 Å². The van der Waals surface area contributed by atoms with Gasteiger partial charge in [-0.25, -0.2) is 4.79 Å². The Labute approximate surface area is 89.8 Å². The molecule has 0 rings (SSSR count). The summed E-state index contributed by atoms with van der Waals surface area (Å²) in [6.45, 7) is 6.40. The monoisotopic (exact) mass is 217 g/mol. The Morgan fingerprint density at radius 2 is 1.73 bits per heavy atom. The molecule has 2 N–H and O–H groups in total. The van der Waals surface area contributed by atoms with Crippen molar-refractivity contribution < 1.29 is 19.4 Å². The molecule has 88 valence electrons. The van der Waals surface area contributed by atoms with Gasteiger partial charge in [0.1, 0.15) is 5.54 Å². The second kappa shape index (κ2) is 4.61. The molecule has 15 heavy (non-hydrogen) atoms. The average Bonchev–Trinajstić information content (AvgIpc) is 2.01. The van der Waals surface area contributed by atoms with E-state index >= 15 is 0 Å². The lowest BCUT2D eigenvalue weighted by Gasteiger charge is -2.26. The van der Waals surface area contributed by atoms with Crippen LogP contribution in [0.15, 0.2) is 0 Å². The van der Waals surface area contributed by atoms with E-state index in [9.17, 15) is 9.59 Å². The Hall–Kier alpha value is -1.10. The van der Waals surface area contributed by atoms with Crippen LogP contribution in [0, 0.1) is 0 Å². The van der Waals surface area contributed by atoms with Crippen molar-refractivity contribution in [3.8, 4) is 0 Å². The number of hydrogen-bond acceptors (Lipinski definition) is 3. The number of methoxy groups -OCH3 is 1.